The van der Waals surface area contributed by atoms with E-state index in [9.17, 15) is 4.79 Å². The van der Waals surface area contributed by atoms with Crippen LogP contribution in [0.5, 0.6) is 0 Å². The van der Waals surface area contributed by atoms with Gasteiger partial charge in [-0.1, -0.05) is 30.3 Å². The summed E-state index contributed by atoms with van der Waals surface area (Å²) in [6.45, 7) is 5.03. The van der Waals surface area contributed by atoms with Gasteiger partial charge < -0.3 is 10.1 Å². The zero-order chi connectivity index (χ0) is 15.7. The highest BCUT2D eigenvalue weighted by molar-refractivity contribution is 5.83. The fourth-order valence-corrected chi connectivity index (χ4v) is 4.52. The predicted octanol–water partition coefficient (Wildman–Crippen LogP) is 1.95. The molecule has 4 aliphatic heterocycles. The lowest BCUT2D eigenvalue weighted by Gasteiger charge is -2.45. The van der Waals surface area contributed by atoms with Gasteiger partial charge in [-0.3, -0.25) is 9.69 Å². The maximum Gasteiger partial charge on any atom is 0.316 e. The summed E-state index contributed by atoms with van der Waals surface area (Å²) in [4.78, 5) is 15.6. The second-order valence-corrected chi connectivity index (χ2v) is 7.28. The van der Waals surface area contributed by atoms with E-state index in [0.29, 0.717) is 5.92 Å². The Labute approximate surface area is 138 Å². The fraction of sp³-hybridized carbons (Fsp3) is 0.632. The molecule has 2 bridgehead atoms. The normalized spacial score (nSPS) is 32.4. The third-order valence-corrected chi connectivity index (χ3v) is 6.03. The summed E-state index contributed by atoms with van der Waals surface area (Å²) in [5.74, 6) is 0.572. The molecular weight excluding hydrogens is 288 g/mol. The van der Waals surface area contributed by atoms with Gasteiger partial charge >= 0.3 is 5.97 Å². The standard InChI is InChI=1S/C19H26N2O2/c22-18(23-17-14-21-12-6-15(17)7-13-21)19(8-10-20-11-9-19)16-4-2-1-3-5-16/h1-5,15,17,20H,6-14H2/t17-/m0/s1. The monoisotopic (exact) mass is 314 g/mol. The quantitative estimate of drug-likeness (QED) is 0.866. The first-order valence-corrected chi connectivity index (χ1v) is 8.98. The highest BCUT2D eigenvalue weighted by atomic mass is 16.5. The topological polar surface area (TPSA) is 41.6 Å². The Morgan fingerprint density at radius 3 is 2.43 bits per heavy atom. The molecule has 1 aromatic carbocycles. The Kier molecular flexibility index (Phi) is 4.12. The van der Waals surface area contributed by atoms with E-state index in [1.165, 1.54) is 25.9 Å². The molecule has 124 valence electrons. The molecule has 1 N–H and O–H groups in total. The van der Waals surface area contributed by atoms with Crippen molar-refractivity contribution in [3.05, 3.63) is 35.9 Å². The van der Waals surface area contributed by atoms with E-state index in [1.807, 2.05) is 18.2 Å². The van der Waals surface area contributed by atoms with Gasteiger partial charge in [0.25, 0.3) is 0 Å². The van der Waals surface area contributed by atoms with Crippen LogP contribution in [0.4, 0.5) is 0 Å². The Bertz CT molecular complexity index is 546. The van der Waals surface area contributed by atoms with Gasteiger partial charge in [0, 0.05) is 6.54 Å². The minimum absolute atomic E-state index is 0.00366. The Morgan fingerprint density at radius 2 is 1.83 bits per heavy atom. The molecule has 1 atom stereocenters. The van der Waals surface area contributed by atoms with E-state index in [4.69, 9.17) is 4.74 Å². The number of nitrogens with zero attached hydrogens (tertiary/aromatic N) is 1. The van der Waals surface area contributed by atoms with E-state index < -0.39 is 5.41 Å². The first-order chi connectivity index (χ1) is 11.3. The van der Waals surface area contributed by atoms with Gasteiger partial charge in [-0.2, -0.15) is 0 Å². The average Bonchev–Trinajstić information content (AvgIpc) is 2.64. The lowest BCUT2D eigenvalue weighted by molar-refractivity contribution is -0.167. The Morgan fingerprint density at radius 1 is 1.13 bits per heavy atom. The molecule has 4 nitrogen and oxygen atoms in total. The minimum atomic E-state index is -0.460. The van der Waals surface area contributed by atoms with Crippen LogP contribution in [0.15, 0.2) is 30.3 Å². The Hall–Kier alpha value is -1.39. The van der Waals surface area contributed by atoms with Crippen molar-refractivity contribution >= 4 is 5.97 Å². The summed E-state index contributed by atoms with van der Waals surface area (Å²) in [6.07, 6.45) is 4.12. The summed E-state index contributed by atoms with van der Waals surface area (Å²) in [6, 6.07) is 10.2. The number of carbonyl (C=O) groups is 1. The van der Waals surface area contributed by atoms with Crippen molar-refractivity contribution in [2.45, 2.75) is 37.2 Å². The van der Waals surface area contributed by atoms with E-state index >= 15 is 0 Å². The Balaban J connectivity index is 1.56. The van der Waals surface area contributed by atoms with Crippen LogP contribution in [-0.4, -0.2) is 49.7 Å². The third kappa shape index (κ3) is 2.79. The second kappa shape index (κ2) is 6.25. The van der Waals surface area contributed by atoms with E-state index in [2.05, 4.69) is 22.3 Å². The molecule has 23 heavy (non-hydrogen) atoms. The fourth-order valence-electron chi connectivity index (χ4n) is 4.52. The van der Waals surface area contributed by atoms with Crippen molar-refractivity contribution in [1.29, 1.82) is 0 Å². The van der Waals surface area contributed by atoms with Gasteiger partial charge in [0.15, 0.2) is 0 Å². The van der Waals surface area contributed by atoms with Crippen LogP contribution in [0.1, 0.15) is 31.2 Å². The predicted molar refractivity (Wildman–Crippen MR) is 89.3 cm³/mol. The van der Waals surface area contributed by atoms with Crippen LogP contribution < -0.4 is 5.32 Å². The van der Waals surface area contributed by atoms with Gasteiger partial charge in [0.05, 0.1) is 5.41 Å². The SMILES string of the molecule is O=C(O[C@H]1CN2CCC1CC2)C1(c2ccccc2)CCNCC1. The number of esters is 1. The molecule has 0 saturated carbocycles. The number of rotatable bonds is 3. The average molecular weight is 314 g/mol. The number of piperidine rings is 4. The van der Waals surface area contributed by atoms with Crippen molar-refractivity contribution in [2.24, 2.45) is 5.92 Å². The molecular formula is C19H26N2O2. The maximum atomic E-state index is 13.2. The van der Waals surface area contributed by atoms with Crippen LogP contribution in [-0.2, 0) is 14.9 Å². The smallest absolute Gasteiger partial charge is 0.316 e. The van der Waals surface area contributed by atoms with Crippen LogP contribution in [0.3, 0.4) is 0 Å². The molecule has 4 fully saturated rings. The third-order valence-electron chi connectivity index (χ3n) is 6.03. The van der Waals surface area contributed by atoms with Crippen LogP contribution in [0, 0.1) is 5.92 Å². The van der Waals surface area contributed by atoms with Crippen molar-refractivity contribution in [3.63, 3.8) is 0 Å². The molecule has 4 heterocycles. The van der Waals surface area contributed by atoms with Gasteiger partial charge in [-0.15, -0.1) is 0 Å². The zero-order valence-corrected chi connectivity index (χ0v) is 13.7. The van der Waals surface area contributed by atoms with E-state index in [1.54, 1.807) is 0 Å². The zero-order valence-electron chi connectivity index (χ0n) is 13.7. The number of nitrogens with one attached hydrogen (secondary N) is 1. The molecule has 4 aliphatic rings. The highest BCUT2D eigenvalue weighted by Gasteiger charge is 2.45. The summed E-state index contributed by atoms with van der Waals surface area (Å²) >= 11 is 0. The summed E-state index contributed by atoms with van der Waals surface area (Å²) in [5.41, 5.74) is 0.659. The number of fused-ring (bicyclic) bond motifs is 3. The molecule has 0 aromatic heterocycles. The number of benzene rings is 1. The first kappa shape index (κ1) is 15.2. The first-order valence-electron chi connectivity index (χ1n) is 8.98. The van der Waals surface area contributed by atoms with Crippen molar-refractivity contribution < 1.29 is 9.53 Å². The van der Waals surface area contributed by atoms with E-state index in [-0.39, 0.29) is 12.1 Å². The molecule has 0 unspecified atom stereocenters. The molecule has 5 rings (SSSR count). The van der Waals surface area contributed by atoms with Gasteiger partial charge in [0.1, 0.15) is 6.10 Å². The lowest BCUT2D eigenvalue weighted by Crippen LogP contribution is -2.54. The van der Waals surface area contributed by atoms with Crippen molar-refractivity contribution in [3.8, 4) is 0 Å². The minimum Gasteiger partial charge on any atom is -0.460 e. The lowest BCUT2D eigenvalue weighted by atomic mass is 9.73. The maximum absolute atomic E-state index is 13.2. The molecule has 4 saturated heterocycles. The summed E-state index contributed by atoms with van der Waals surface area (Å²) in [5, 5.41) is 3.38. The molecule has 0 spiro atoms. The van der Waals surface area contributed by atoms with Gasteiger partial charge in [-0.25, -0.2) is 0 Å². The molecule has 4 heteroatoms. The van der Waals surface area contributed by atoms with E-state index in [0.717, 1.165) is 38.0 Å². The van der Waals surface area contributed by atoms with Gasteiger partial charge in [-0.05, 0) is 63.3 Å². The highest BCUT2D eigenvalue weighted by Crippen LogP contribution is 2.37. The largest absolute Gasteiger partial charge is 0.460 e. The van der Waals surface area contributed by atoms with Gasteiger partial charge in [0.2, 0.25) is 0 Å². The van der Waals surface area contributed by atoms with Crippen LogP contribution in [0.2, 0.25) is 0 Å². The van der Waals surface area contributed by atoms with Crippen LogP contribution in [0.25, 0.3) is 0 Å². The number of hydrogen-bond donors (Lipinski definition) is 1. The molecule has 1 aromatic rings. The second-order valence-electron chi connectivity index (χ2n) is 7.28. The summed E-state index contributed by atoms with van der Waals surface area (Å²) in [7, 11) is 0. The summed E-state index contributed by atoms with van der Waals surface area (Å²) < 4.78 is 6.11. The van der Waals surface area contributed by atoms with Crippen molar-refractivity contribution in [1.82, 2.24) is 10.2 Å². The van der Waals surface area contributed by atoms with Crippen LogP contribution >= 0.6 is 0 Å². The number of carbonyl (C=O) groups excluding carboxylic acids is 1. The van der Waals surface area contributed by atoms with Crippen molar-refractivity contribution in [2.75, 3.05) is 32.7 Å². The number of hydrogen-bond acceptors (Lipinski definition) is 4. The molecule has 0 amide bonds. The number of ether oxygens (including phenoxy) is 1. The molecule has 0 radical (unpaired) electrons. The molecule has 0 aliphatic carbocycles.